The molecular formula is C24H19F15N4O6S2. The zero-order valence-corrected chi connectivity index (χ0v) is 26.8. The van der Waals surface area contributed by atoms with E-state index in [1.807, 2.05) is 7.05 Å². The lowest BCUT2D eigenvalue weighted by molar-refractivity contribution is -1.19. The second-order valence-electron chi connectivity index (χ2n) is 9.45. The van der Waals surface area contributed by atoms with Gasteiger partial charge in [-0.3, -0.25) is 0 Å². The van der Waals surface area contributed by atoms with E-state index < -0.39 is 116 Å². The molecule has 2 heterocycles. The first-order valence-corrected chi connectivity index (χ1v) is 15.5. The number of aryl methyl sites for hydroxylation is 2. The van der Waals surface area contributed by atoms with E-state index in [-0.39, 0.29) is 0 Å². The third-order valence-electron chi connectivity index (χ3n) is 5.78. The van der Waals surface area contributed by atoms with Gasteiger partial charge in [-0.05, 0) is 6.42 Å². The first-order chi connectivity index (χ1) is 23.0. The molecule has 4 rings (SSSR count). The zero-order chi connectivity index (χ0) is 40.2. The van der Waals surface area contributed by atoms with Gasteiger partial charge in [-0.25, -0.2) is 74.8 Å². The molecule has 0 unspecified atom stereocenters. The summed E-state index contributed by atoms with van der Waals surface area (Å²) in [7, 11) is -8.95. The number of alkyl halides is 2. The van der Waals surface area contributed by atoms with Crippen LogP contribution in [-0.4, -0.2) is 53.6 Å². The van der Waals surface area contributed by atoms with Crippen LogP contribution in [0.5, 0.6) is 0 Å². The van der Waals surface area contributed by atoms with Crippen LogP contribution in [0.25, 0.3) is 0 Å². The zero-order valence-electron chi connectivity index (χ0n) is 25.2. The molecule has 1 aromatic heterocycles. The minimum absolute atomic E-state index is 0.424. The van der Waals surface area contributed by atoms with Gasteiger partial charge in [0.1, 0.15) is 42.4 Å². The molecule has 2 aromatic carbocycles. The quantitative estimate of drug-likeness (QED) is 0.0633. The standard InChI is InChI=1S/C8H15N2.2C6HF5O3S.C4H4F5N2/c1-3-4-5-10-7-6-9(2)8-10;2*7-1-2(8)4(10)6(15(12,13)14)5(11)3(1)9;1-10-3(5)2-11(8,9)4(10,6)7/h6-8H,3-5H2,1-2H3;2*(H,12,13,14);2H,1H3/q+1;;;+1/p-2. The normalized spacial score (nSPS) is 14.8. The van der Waals surface area contributed by atoms with Crippen LogP contribution >= 0.6 is 0 Å². The molecule has 51 heavy (non-hydrogen) atoms. The maximum Gasteiger partial charge on any atom is 0.567 e. The summed E-state index contributed by atoms with van der Waals surface area (Å²) in [6.45, 7) is 3.36. The Morgan fingerprint density at radius 1 is 0.706 bits per heavy atom. The van der Waals surface area contributed by atoms with Crippen LogP contribution in [0.1, 0.15) is 19.8 Å². The van der Waals surface area contributed by atoms with Gasteiger partial charge < -0.3 is 9.11 Å². The van der Waals surface area contributed by atoms with E-state index >= 15 is 0 Å². The van der Waals surface area contributed by atoms with E-state index in [4.69, 9.17) is 0 Å². The Balaban J connectivity index is 0.000000345. The van der Waals surface area contributed by atoms with Crippen LogP contribution in [0.2, 0.25) is 0 Å². The number of halogens is 15. The minimum atomic E-state index is -5.77. The van der Waals surface area contributed by atoms with Gasteiger partial charge in [0.15, 0.2) is 51.5 Å². The molecule has 0 radical (unpaired) electrons. The number of unbranched alkanes of at least 4 members (excludes halogenated alkanes) is 1. The summed E-state index contributed by atoms with van der Waals surface area (Å²) in [6.07, 6.45) is 3.85. The van der Waals surface area contributed by atoms with Gasteiger partial charge in [-0.1, -0.05) is 13.3 Å². The second-order valence-corrected chi connectivity index (χ2v) is 12.1. The Labute approximate surface area is 276 Å². The summed E-state index contributed by atoms with van der Waals surface area (Å²) in [5.74, 6) is -27.3. The lowest BCUT2D eigenvalue weighted by Gasteiger charge is -2.18. The van der Waals surface area contributed by atoms with Crippen molar-refractivity contribution in [2.24, 2.45) is 7.05 Å². The van der Waals surface area contributed by atoms with Gasteiger partial charge in [0.25, 0.3) is 5.95 Å². The van der Waals surface area contributed by atoms with Crippen LogP contribution in [0.15, 0.2) is 40.7 Å². The number of aromatic nitrogens is 2. The molecule has 0 fully saturated rings. The van der Waals surface area contributed by atoms with Crippen LogP contribution in [0.3, 0.4) is 0 Å². The fourth-order valence-corrected chi connectivity index (χ4v) is 4.45. The number of benzene rings is 2. The average molecular weight is 809 g/mol. The number of rotatable bonds is 5. The molecule has 0 spiro atoms. The Kier molecular flexibility index (Phi) is 14.5. The lowest BCUT2D eigenvalue weighted by atomic mass is 10.3. The van der Waals surface area contributed by atoms with Crippen LogP contribution < -0.4 is 4.57 Å². The summed E-state index contributed by atoms with van der Waals surface area (Å²) in [6, 6.07) is 0. The lowest BCUT2D eigenvalue weighted by Crippen LogP contribution is -2.48. The maximum atomic E-state index is 12.6. The first kappa shape index (κ1) is 44.9. The summed E-state index contributed by atoms with van der Waals surface area (Å²) in [5, 5.41) is 0. The highest BCUT2D eigenvalue weighted by Gasteiger charge is 2.69. The minimum Gasteiger partial charge on any atom is -0.744 e. The molecular weight excluding hydrogens is 789 g/mol. The van der Waals surface area contributed by atoms with Crippen molar-refractivity contribution < 1.29 is 101 Å². The summed E-state index contributed by atoms with van der Waals surface area (Å²) in [5.41, 5.74) is 0. The van der Waals surface area contributed by atoms with Crippen LogP contribution in [0, 0.1) is 58.2 Å². The van der Waals surface area contributed by atoms with E-state index in [0.29, 0.717) is 7.05 Å². The van der Waals surface area contributed by atoms with Crippen molar-refractivity contribution in [3.05, 3.63) is 89.0 Å². The van der Waals surface area contributed by atoms with Crippen molar-refractivity contribution in [1.29, 1.82) is 0 Å². The maximum absolute atomic E-state index is 12.6. The highest BCUT2D eigenvalue weighted by atomic mass is 32.2. The topological polar surface area (TPSA) is 126 Å². The SMILES string of the molecule is CCCCn1cc[n+](C)c1.CN1C(F)=C[N+](F)(F)C1(F)F.O=S(=O)([O-])c1c(F)c(F)c(F)c(F)c1F.O=S(=O)([O-])c1c(F)c(F)c(F)c(F)c1F. The molecule has 0 N–H and O–H groups in total. The Hall–Kier alpha value is -4.08. The van der Waals surface area contributed by atoms with Gasteiger partial charge in [-0.15, -0.1) is 8.78 Å². The van der Waals surface area contributed by atoms with Crippen molar-refractivity contribution >= 4 is 20.2 Å². The number of quaternary nitrogens is 1. The fourth-order valence-electron chi connectivity index (χ4n) is 3.21. The van der Waals surface area contributed by atoms with E-state index in [2.05, 4.69) is 34.8 Å². The number of nitrogens with zero attached hydrogens (tertiary/aromatic N) is 4. The van der Waals surface area contributed by atoms with E-state index in [1.165, 1.54) is 12.8 Å². The third kappa shape index (κ3) is 10.3. The van der Waals surface area contributed by atoms with E-state index in [9.17, 15) is 92.0 Å². The predicted molar refractivity (Wildman–Crippen MR) is 133 cm³/mol. The molecule has 288 valence electrons. The summed E-state index contributed by atoms with van der Waals surface area (Å²) >= 11 is 0. The highest BCUT2D eigenvalue weighted by Crippen LogP contribution is 2.42. The van der Waals surface area contributed by atoms with Gasteiger partial charge in [0, 0.05) is 7.05 Å². The summed E-state index contributed by atoms with van der Waals surface area (Å²) < 4.78 is 251. The van der Waals surface area contributed by atoms with Gasteiger partial charge in [-0.2, -0.15) is 4.39 Å². The number of imidazole rings is 1. The first-order valence-electron chi connectivity index (χ1n) is 12.7. The molecule has 0 saturated heterocycles. The number of hydrogen-bond acceptors (Lipinski definition) is 7. The van der Waals surface area contributed by atoms with Gasteiger partial charge >= 0.3 is 6.17 Å². The van der Waals surface area contributed by atoms with E-state index in [0.717, 1.165) is 6.54 Å². The molecule has 3 aromatic rings. The third-order valence-corrected chi connectivity index (χ3v) is 7.50. The van der Waals surface area contributed by atoms with Gasteiger partial charge in [0.2, 0.25) is 24.2 Å². The van der Waals surface area contributed by atoms with Crippen LogP contribution in [-0.2, 0) is 33.8 Å². The second kappa shape index (κ2) is 16.5. The Morgan fingerprint density at radius 3 is 1.24 bits per heavy atom. The van der Waals surface area contributed by atoms with Crippen LogP contribution in [0.4, 0.5) is 66.0 Å². The summed E-state index contributed by atoms with van der Waals surface area (Å²) in [4.78, 5) is -8.94. The van der Waals surface area contributed by atoms with Crippen molar-refractivity contribution in [2.45, 2.75) is 42.3 Å². The molecule has 0 atom stereocenters. The molecule has 0 aliphatic carbocycles. The van der Waals surface area contributed by atoms with Crippen molar-refractivity contribution in [3.63, 3.8) is 0 Å². The molecule has 0 amide bonds. The van der Waals surface area contributed by atoms with E-state index in [1.54, 1.807) is 0 Å². The van der Waals surface area contributed by atoms with Crippen molar-refractivity contribution in [3.8, 4) is 0 Å². The predicted octanol–water partition coefficient (Wildman–Crippen LogP) is 5.52. The molecule has 1 aliphatic rings. The van der Waals surface area contributed by atoms with Crippen molar-refractivity contribution in [1.82, 2.24) is 9.47 Å². The number of hydrogen-bond donors (Lipinski definition) is 0. The molecule has 27 heteroatoms. The largest absolute Gasteiger partial charge is 0.744 e. The highest BCUT2D eigenvalue weighted by molar-refractivity contribution is 7.86. The fraction of sp³-hybridized carbons (Fsp3) is 0.292. The molecule has 0 bridgehead atoms. The van der Waals surface area contributed by atoms with Gasteiger partial charge in [0.05, 0.1) is 22.6 Å². The molecule has 0 saturated carbocycles. The smallest absolute Gasteiger partial charge is 0.567 e. The molecule has 1 aliphatic heterocycles. The molecule has 10 nitrogen and oxygen atoms in total. The average Bonchev–Trinajstić information content (AvgIpc) is 3.48. The monoisotopic (exact) mass is 808 g/mol. The Bertz CT molecular complexity index is 1850. The van der Waals surface area contributed by atoms with Crippen molar-refractivity contribution in [2.75, 3.05) is 7.05 Å². The Morgan fingerprint density at radius 2 is 1.04 bits per heavy atom.